The highest BCUT2D eigenvalue weighted by atomic mass is 16.5. The molecule has 1 aliphatic heterocycles. The predicted molar refractivity (Wildman–Crippen MR) is 142 cm³/mol. The lowest BCUT2D eigenvalue weighted by atomic mass is 10.0. The molecule has 3 aromatic carbocycles. The van der Waals surface area contributed by atoms with E-state index in [0.717, 1.165) is 38.2 Å². The van der Waals surface area contributed by atoms with Crippen molar-refractivity contribution in [2.45, 2.75) is 20.0 Å². The number of hydrogen-bond donors (Lipinski definition) is 0. The minimum absolute atomic E-state index is 0.356. The van der Waals surface area contributed by atoms with Crippen LogP contribution in [-0.4, -0.2) is 13.7 Å². The van der Waals surface area contributed by atoms with Crippen LogP contribution in [0.3, 0.4) is 0 Å². The van der Waals surface area contributed by atoms with Crippen molar-refractivity contribution < 1.29 is 4.74 Å². The van der Waals surface area contributed by atoms with Crippen molar-refractivity contribution in [2.24, 2.45) is 14.1 Å². The van der Waals surface area contributed by atoms with Crippen molar-refractivity contribution in [3.05, 3.63) is 116 Å². The Labute approximate surface area is 213 Å². The average Bonchev–Trinajstić information content (AvgIpc) is 3.27. The predicted octanol–water partition coefficient (Wildman–Crippen LogP) is 4.67. The number of hydrogen-bond acceptors (Lipinski definition) is 4. The van der Waals surface area contributed by atoms with Gasteiger partial charge in [0, 0.05) is 19.7 Å². The molecule has 7 heteroatoms. The molecule has 0 amide bonds. The summed E-state index contributed by atoms with van der Waals surface area (Å²) in [7, 11) is 3.20. The summed E-state index contributed by atoms with van der Waals surface area (Å²) >= 11 is 0. The molecule has 0 spiro atoms. The Hall–Kier alpha value is -4.83. The molecule has 1 atom stereocenters. The van der Waals surface area contributed by atoms with Crippen LogP contribution in [0.2, 0.25) is 0 Å². The molecule has 6 rings (SSSR count). The smallest absolute Gasteiger partial charge is 0.331 e. The van der Waals surface area contributed by atoms with E-state index in [4.69, 9.17) is 4.74 Å². The number of aromatic nitrogens is 3. The summed E-state index contributed by atoms with van der Waals surface area (Å²) in [5.74, 6) is 0.671. The molecule has 3 heterocycles. The van der Waals surface area contributed by atoms with Crippen LogP contribution in [0.4, 0.5) is 0 Å². The highest BCUT2D eigenvalue weighted by molar-refractivity contribution is 5.99. The molecule has 7 nitrogen and oxygen atoms in total. The monoisotopic (exact) mass is 488 g/mol. The maximum Gasteiger partial charge on any atom is 0.331 e. The van der Waals surface area contributed by atoms with Crippen molar-refractivity contribution in [3.63, 3.8) is 0 Å². The van der Waals surface area contributed by atoms with Gasteiger partial charge in [-0.3, -0.25) is 13.9 Å². The average molecular weight is 489 g/mol. The summed E-state index contributed by atoms with van der Waals surface area (Å²) < 4.78 is 11.4. The fourth-order valence-corrected chi connectivity index (χ4v) is 5.32. The number of nitriles is 1. The zero-order valence-electron chi connectivity index (χ0n) is 20.9. The summed E-state index contributed by atoms with van der Waals surface area (Å²) in [5.41, 5.74) is 6.33. The van der Waals surface area contributed by atoms with E-state index in [1.807, 2.05) is 68.4 Å². The Morgan fingerprint density at radius 1 is 0.919 bits per heavy atom. The Kier molecular flexibility index (Phi) is 4.95. The number of nitrogens with zero attached hydrogens (tertiary/aromatic N) is 4. The van der Waals surface area contributed by atoms with E-state index in [1.54, 1.807) is 19.2 Å². The largest absolute Gasteiger partial charge is 0.477 e. The Morgan fingerprint density at radius 2 is 1.65 bits per heavy atom. The van der Waals surface area contributed by atoms with Gasteiger partial charge < -0.3 is 9.30 Å². The lowest BCUT2D eigenvalue weighted by molar-refractivity contribution is 0.229. The first-order valence-corrected chi connectivity index (χ1v) is 12.0. The molecule has 0 fully saturated rings. The third kappa shape index (κ3) is 3.19. The number of benzene rings is 3. The maximum atomic E-state index is 13.8. The third-order valence-corrected chi connectivity index (χ3v) is 7.20. The molecule has 0 radical (unpaired) electrons. The summed E-state index contributed by atoms with van der Waals surface area (Å²) in [6, 6.07) is 23.3. The second-order valence-corrected chi connectivity index (χ2v) is 9.52. The van der Waals surface area contributed by atoms with E-state index in [-0.39, 0.29) is 5.56 Å². The molecule has 182 valence electrons. The highest BCUT2D eigenvalue weighted by Crippen LogP contribution is 2.47. The van der Waals surface area contributed by atoms with Gasteiger partial charge in [-0.15, -0.1) is 0 Å². The molecule has 2 aromatic heterocycles. The van der Waals surface area contributed by atoms with Crippen LogP contribution >= 0.6 is 0 Å². The number of aryl methyl sites for hydroxylation is 3. The van der Waals surface area contributed by atoms with Crippen molar-refractivity contribution in [1.29, 1.82) is 5.26 Å². The second-order valence-electron chi connectivity index (χ2n) is 9.52. The van der Waals surface area contributed by atoms with Crippen molar-refractivity contribution in [2.75, 3.05) is 0 Å². The van der Waals surface area contributed by atoms with Crippen LogP contribution in [-0.2, 0) is 14.1 Å². The lowest BCUT2D eigenvalue weighted by Gasteiger charge is -2.30. The summed E-state index contributed by atoms with van der Waals surface area (Å²) in [4.78, 5) is 27.0. The standard InChI is InChI=1S/C30H24N4O3/c1-17-9-14-23-22(15-17)34-25(21-8-6-5-7-18(21)2)24-26(32(3)30(36)33(4)29(24)35)27(34)28(37-23)20-12-10-19(16-31)11-13-20/h5-15,28H,1-4H3. The molecule has 0 bridgehead atoms. The van der Waals surface area contributed by atoms with E-state index in [1.165, 1.54) is 11.6 Å². The molecule has 0 aliphatic carbocycles. The van der Waals surface area contributed by atoms with E-state index >= 15 is 0 Å². The maximum absolute atomic E-state index is 13.8. The summed E-state index contributed by atoms with van der Waals surface area (Å²) in [6.45, 7) is 4.03. The van der Waals surface area contributed by atoms with Crippen LogP contribution in [0.5, 0.6) is 5.75 Å². The van der Waals surface area contributed by atoms with Gasteiger partial charge in [-0.25, -0.2) is 4.79 Å². The molecule has 0 N–H and O–H groups in total. The summed E-state index contributed by atoms with van der Waals surface area (Å²) in [6.07, 6.45) is -0.610. The quantitative estimate of drug-likeness (QED) is 0.362. The molecule has 0 saturated heterocycles. The van der Waals surface area contributed by atoms with Gasteiger partial charge in [0.05, 0.1) is 39.6 Å². The van der Waals surface area contributed by atoms with Gasteiger partial charge >= 0.3 is 5.69 Å². The zero-order valence-corrected chi connectivity index (χ0v) is 20.9. The van der Waals surface area contributed by atoms with Crippen LogP contribution in [0.25, 0.3) is 27.8 Å². The van der Waals surface area contributed by atoms with Crippen molar-refractivity contribution in [3.8, 4) is 28.8 Å². The fraction of sp³-hybridized carbons (Fsp3) is 0.167. The van der Waals surface area contributed by atoms with E-state index < -0.39 is 11.8 Å². The molecule has 1 aliphatic rings. The molecular weight excluding hydrogens is 464 g/mol. The van der Waals surface area contributed by atoms with E-state index in [0.29, 0.717) is 27.9 Å². The Morgan fingerprint density at radius 3 is 2.35 bits per heavy atom. The first kappa shape index (κ1) is 22.6. The van der Waals surface area contributed by atoms with Gasteiger partial charge in [0.1, 0.15) is 5.75 Å². The van der Waals surface area contributed by atoms with Crippen LogP contribution < -0.4 is 16.0 Å². The zero-order chi connectivity index (χ0) is 26.0. The van der Waals surface area contributed by atoms with Gasteiger partial charge in [0.25, 0.3) is 5.56 Å². The summed E-state index contributed by atoms with van der Waals surface area (Å²) in [5, 5.41) is 9.78. The molecule has 0 saturated carbocycles. The van der Waals surface area contributed by atoms with Gasteiger partial charge in [0.2, 0.25) is 0 Å². The normalized spacial score (nSPS) is 14.1. The SMILES string of the molecule is Cc1ccc2c(c1)-n1c(-c3ccccc3C)c3c(=O)n(C)c(=O)n(C)c3c1C(c1ccc(C#N)cc1)O2. The molecule has 1 unspecified atom stereocenters. The van der Waals surface area contributed by atoms with Crippen molar-refractivity contribution in [1.82, 2.24) is 13.7 Å². The minimum Gasteiger partial charge on any atom is -0.477 e. The van der Waals surface area contributed by atoms with Gasteiger partial charge in [0.15, 0.2) is 6.10 Å². The number of ether oxygens (including phenoxy) is 1. The molecular formula is C30H24N4O3. The van der Waals surface area contributed by atoms with Crippen LogP contribution in [0, 0.1) is 25.2 Å². The van der Waals surface area contributed by atoms with Gasteiger partial charge in [-0.05, 0) is 54.8 Å². The van der Waals surface area contributed by atoms with Crippen LogP contribution in [0.15, 0.2) is 76.3 Å². The van der Waals surface area contributed by atoms with Gasteiger partial charge in [-0.2, -0.15) is 5.26 Å². The second kappa shape index (κ2) is 8.10. The number of fused-ring (bicyclic) bond motifs is 5. The van der Waals surface area contributed by atoms with Gasteiger partial charge in [-0.1, -0.05) is 42.5 Å². The fourth-order valence-electron chi connectivity index (χ4n) is 5.32. The van der Waals surface area contributed by atoms with Crippen molar-refractivity contribution >= 4 is 10.9 Å². The lowest BCUT2D eigenvalue weighted by Crippen LogP contribution is -2.37. The first-order chi connectivity index (χ1) is 17.8. The third-order valence-electron chi connectivity index (χ3n) is 7.20. The Balaban J connectivity index is 1.86. The Bertz CT molecular complexity index is 1900. The highest BCUT2D eigenvalue weighted by Gasteiger charge is 2.36. The molecule has 37 heavy (non-hydrogen) atoms. The molecule has 5 aromatic rings. The van der Waals surface area contributed by atoms with E-state index in [2.05, 4.69) is 10.6 Å². The number of rotatable bonds is 2. The van der Waals surface area contributed by atoms with Crippen LogP contribution in [0.1, 0.15) is 34.1 Å². The minimum atomic E-state index is -0.610. The van der Waals surface area contributed by atoms with E-state index in [9.17, 15) is 14.9 Å². The first-order valence-electron chi connectivity index (χ1n) is 12.0. The topological polar surface area (TPSA) is 82.0 Å².